The highest BCUT2D eigenvalue weighted by Crippen LogP contribution is 2.25. The van der Waals surface area contributed by atoms with Gasteiger partial charge < -0.3 is 9.84 Å². The molecule has 0 radical (unpaired) electrons. The molecular weight excluding hydrogens is 226 g/mol. The number of rotatable bonds is 3. The van der Waals surface area contributed by atoms with Crippen LogP contribution in [0.5, 0.6) is 11.5 Å². The molecule has 0 fully saturated rings. The summed E-state index contributed by atoms with van der Waals surface area (Å²) in [6.45, 7) is -0.122. The molecule has 0 spiro atoms. The highest BCUT2D eigenvalue weighted by Gasteiger charge is 2.06. The number of ether oxygens (including phenoxy) is 1. The average Bonchev–Trinajstić information content (AvgIpc) is 2.33. The Morgan fingerprint density at radius 1 is 1.06 bits per heavy atom. The van der Waals surface area contributed by atoms with Crippen molar-refractivity contribution in [1.29, 1.82) is 0 Å². The molecule has 0 aromatic heterocycles. The Labute approximate surface area is 97.1 Å². The van der Waals surface area contributed by atoms with E-state index in [-0.39, 0.29) is 12.4 Å². The van der Waals surface area contributed by atoms with Crippen LogP contribution in [0.4, 0.5) is 8.78 Å². The fraction of sp³-hybridized carbons (Fsp3) is 0.0769. The van der Waals surface area contributed by atoms with Gasteiger partial charge in [0.15, 0.2) is 11.6 Å². The van der Waals surface area contributed by atoms with Gasteiger partial charge in [0.25, 0.3) is 0 Å². The predicted octanol–water partition coefficient (Wildman–Crippen LogP) is 3.25. The lowest BCUT2D eigenvalue weighted by molar-refractivity contribution is 0.281. The predicted molar refractivity (Wildman–Crippen MR) is 58.8 cm³/mol. The molecule has 4 heteroatoms. The number of hydrogen-bond donors (Lipinski definition) is 1. The molecule has 0 unspecified atom stereocenters. The Balaban J connectivity index is 2.25. The normalized spacial score (nSPS) is 10.3. The van der Waals surface area contributed by atoms with E-state index in [2.05, 4.69) is 0 Å². The highest BCUT2D eigenvalue weighted by molar-refractivity contribution is 5.34. The van der Waals surface area contributed by atoms with Crippen LogP contribution < -0.4 is 4.74 Å². The Hall–Kier alpha value is -1.94. The summed E-state index contributed by atoms with van der Waals surface area (Å²) in [5, 5.41) is 8.94. The molecule has 0 atom stereocenters. The third kappa shape index (κ3) is 2.79. The molecule has 88 valence electrons. The zero-order valence-corrected chi connectivity index (χ0v) is 8.86. The Kier molecular flexibility index (Phi) is 3.35. The number of halogens is 2. The van der Waals surface area contributed by atoms with Gasteiger partial charge in [0.2, 0.25) is 0 Å². The first kappa shape index (κ1) is 11.5. The zero-order chi connectivity index (χ0) is 12.3. The first-order valence-electron chi connectivity index (χ1n) is 5.02. The fourth-order valence-corrected chi connectivity index (χ4v) is 1.39. The monoisotopic (exact) mass is 236 g/mol. The molecule has 1 N–H and O–H groups in total. The van der Waals surface area contributed by atoms with Gasteiger partial charge in [-0.15, -0.1) is 0 Å². The van der Waals surface area contributed by atoms with Gasteiger partial charge in [-0.3, -0.25) is 0 Å². The average molecular weight is 236 g/mol. The van der Waals surface area contributed by atoms with Crippen LogP contribution in [0.3, 0.4) is 0 Å². The quantitative estimate of drug-likeness (QED) is 0.886. The first-order chi connectivity index (χ1) is 8.19. The van der Waals surface area contributed by atoms with E-state index in [1.165, 1.54) is 6.07 Å². The minimum atomic E-state index is -0.764. The smallest absolute Gasteiger partial charge is 0.168 e. The molecule has 2 aromatic rings. The fourth-order valence-electron chi connectivity index (χ4n) is 1.39. The Bertz CT molecular complexity index is 527. The maximum Gasteiger partial charge on any atom is 0.168 e. The van der Waals surface area contributed by atoms with E-state index < -0.39 is 11.6 Å². The maximum atomic E-state index is 13.3. The van der Waals surface area contributed by atoms with Crippen LogP contribution in [0.15, 0.2) is 42.5 Å². The zero-order valence-electron chi connectivity index (χ0n) is 8.86. The van der Waals surface area contributed by atoms with E-state index in [1.54, 1.807) is 24.3 Å². The van der Waals surface area contributed by atoms with E-state index >= 15 is 0 Å². The number of hydrogen-bond acceptors (Lipinski definition) is 2. The standard InChI is InChI=1S/C13H10F2O2/c14-10-4-5-13(12(15)7-10)17-11-3-1-2-9(6-11)8-16/h1-7,16H,8H2. The molecule has 0 amide bonds. The lowest BCUT2D eigenvalue weighted by Gasteiger charge is -2.07. The van der Waals surface area contributed by atoms with E-state index in [1.807, 2.05) is 0 Å². The molecule has 2 nitrogen and oxygen atoms in total. The summed E-state index contributed by atoms with van der Waals surface area (Å²) in [7, 11) is 0. The first-order valence-corrected chi connectivity index (χ1v) is 5.02. The molecule has 0 aliphatic carbocycles. The lowest BCUT2D eigenvalue weighted by Crippen LogP contribution is -1.90. The second-order valence-electron chi connectivity index (χ2n) is 3.48. The van der Waals surface area contributed by atoms with Crippen molar-refractivity contribution >= 4 is 0 Å². The second-order valence-corrected chi connectivity index (χ2v) is 3.48. The second kappa shape index (κ2) is 4.93. The molecule has 0 aliphatic heterocycles. The summed E-state index contributed by atoms with van der Waals surface area (Å²) in [4.78, 5) is 0. The summed E-state index contributed by atoms with van der Waals surface area (Å²) in [6, 6.07) is 9.71. The van der Waals surface area contributed by atoms with E-state index in [0.29, 0.717) is 11.3 Å². The molecule has 2 rings (SSSR count). The minimum Gasteiger partial charge on any atom is -0.454 e. The van der Waals surface area contributed by atoms with Crippen molar-refractivity contribution in [2.75, 3.05) is 0 Å². The summed E-state index contributed by atoms with van der Waals surface area (Å²) in [6.07, 6.45) is 0. The van der Waals surface area contributed by atoms with Gasteiger partial charge >= 0.3 is 0 Å². The van der Waals surface area contributed by atoms with Gasteiger partial charge in [-0.05, 0) is 29.8 Å². The van der Waals surface area contributed by atoms with Crippen molar-refractivity contribution in [3.05, 3.63) is 59.7 Å². The molecule has 0 saturated carbocycles. The van der Waals surface area contributed by atoms with Crippen LogP contribution in [0, 0.1) is 11.6 Å². The molecule has 17 heavy (non-hydrogen) atoms. The van der Waals surface area contributed by atoms with Crippen molar-refractivity contribution in [2.45, 2.75) is 6.61 Å². The molecule has 0 heterocycles. The van der Waals surface area contributed by atoms with Crippen molar-refractivity contribution in [1.82, 2.24) is 0 Å². The van der Waals surface area contributed by atoms with Gasteiger partial charge in [-0.1, -0.05) is 12.1 Å². The van der Waals surface area contributed by atoms with E-state index in [0.717, 1.165) is 12.1 Å². The molecular formula is C13H10F2O2. The van der Waals surface area contributed by atoms with Crippen molar-refractivity contribution in [3.8, 4) is 11.5 Å². The van der Waals surface area contributed by atoms with Crippen LogP contribution in [-0.2, 0) is 6.61 Å². The highest BCUT2D eigenvalue weighted by atomic mass is 19.1. The maximum absolute atomic E-state index is 13.3. The number of aliphatic hydroxyl groups excluding tert-OH is 1. The topological polar surface area (TPSA) is 29.5 Å². The van der Waals surface area contributed by atoms with Crippen LogP contribution in [-0.4, -0.2) is 5.11 Å². The summed E-state index contributed by atoms with van der Waals surface area (Å²) in [5.41, 5.74) is 0.657. The minimum absolute atomic E-state index is 0.0542. The van der Waals surface area contributed by atoms with Crippen LogP contribution in [0.25, 0.3) is 0 Å². The van der Waals surface area contributed by atoms with Crippen molar-refractivity contribution in [3.63, 3.8) is 0 Å². The Morgan fingerprint density at radius 2 is 1.88 bits per heavy atom. The van der Waals surface area contributed by atoms with Crippen LogP contribution >= 0.6 is 0 Å². The van der Waals surface area contributed by atoms with Crippen LogP contribution in [0.2, 0.25) is 0 Å². The SMILES string of the molecule is OCc1cccc(Oc2ccc(F)cc2F)c1. The van der Waals surface area contributed by atoms with Gasteiger partial charge in [-0.2, -0.15) is 0 Å². The lowest BCUT2D eigenvalue weighted by atomic mass is 10.2. The van der Waals surface area contributed by atoms with Crippen molar-refractivity contribution < 1.29 is 18.6 Å². The summed E-state index contributed by atoms with van der Waals surface area (Å²) in [5.74, 6) is -1.08. The van der Waals surface area contributed by atoms with Crippen LogP contribution in [0.1, 0.15) is 5.56 Å². The number of benzene rings is 2. The van der Waals surface area contributed by atoms with Gasteiger partial charge in [0.05, 0.1) is 6.61 Å². The molecule has 0 bridgehead atoms. The Morgan fingerprint density at radius 3 is 2.59 bits per heavy atom. The largest absolute Gasteiger partial charge is 0.454 e. The molecule has 2 aromatic carbocycles. The third-order valence-electron chi connectivity index (χ3n) is 2.20. The summed E-state index contributed by atoms with van der Waals surface area (Å²) >= 11 is 0. The third-order valence-corrected chi connectivity index (χ3v) is 2.20. The number of aliphatic hydroxyl groups is 1. The van der Waals surface area contributed by atoms with E-state index in [9.17, 15) is 8.78 Å². The van der Waals surface area contributed by atoms with E-state index in [4.69, 9.17) is 9.84 Å². The van der Waals surface area contributed by atoms with Gasteiger partial charge in [0.1, 0.15) is 11.6 Å². The van der Waals surface area contributed by atoms with Gasteiger partial charge in [0, 0.05) is 6.07 Å². The molecule has 0 aliphatic rings. The summed E-state index contributed by atoms with van der Waals surface area (Å²) < 4.78 is 31.2. The van der Waals surface area contributed by atoms with Crippen molar-refractivity contribution in [2.24, 2.45) is 0 Å². The van der Waals surface area contributed by atoms with Gasteiger partial charge in [-0.25, -0.2) is 8.78 Å². The molecule has 0 saturated heterocycles.